The molecule has 0 radical (unpaired) electrons. The number of nitrogens with one attached hydrogen (secondary N) is 2. The van der Waals surface area contributed by atoms with Gasteiger partial charge in [0.15, 0.2) is 5.96 Å². The van der Waals surface area contributed by atoms with Gasteiger partial charge in [-0.25, -0.2) is 0 Å². The van der Waals surface area contributed by atoms with Gasteiger partial charge in [0.05, 0.1) is 0 Å². The van der Waals surface area contributed by atoms with Crippen molar-refractivity contribution < 1.29 is 4.74 Å². The Bertz CT molecular complexity index is 410. The minimum Gasteiger partial charge on any atom is -0.381 e. The normalized spacial score (nSPS) is 23.2. The molecule has 0 unspecified atom stereocenters. The molecule has 2 N–H and O–H groups in total. The van der Waals surface area contributed by atoms with Crippen molar-refractivity contribution in [3.05, 3.63) is 0 Å². The maximum absolute atomic E-state index is 5.56. The highest BCUT2D eigenvalue weighted by molar-refractivity contribution is 5.79. The number of nitrogens with zero attached hydrogens (tertiary/aromatic N) is 2. The molecule has 1 heterocycles. The fourth-order valence-corrected chi connectivity index (χ4v) is 4.27. The number of ether oxygens (including phenoxy) is 1. The Morgan fingerprint density at radius 1 is 1.08 bits per heavy atom. The number of hydrogen-bond acceptors (Lipinski definition) is 3. The first-order chi connectivity index (χ1) is 11.4. The zero-order chi connectivity index (χ0) is 17.6. The first kappa shape index (κ1) is 19.5. The molecule has 1 aliphatic heterocycles. The SMILES string of the molecule is CN=C(NCC1(CC(C)C)CCC1)NCC1(N(C)C)CCOCC1. The quantitative estimate of drug-likeness (QED) is 0.553. The van der Waals surface area contributed by atoms with Crippen LogP contribution in [0.1, 0.15) is 52.4 Å². The molecule has 1 aliphatic carbocycles. The van der Waals surface area contributed by atoms with E-state index in [-0.39, 0.29) is 5.54 Å². The van der Waals surface area contributed by atoms with E-state index in [1.54, 1.807) is 0 Å². The third-order valence-corrected chi connectivity index (χ3v) is 6.07. The van der Waals surface area contributed by atoms with E-state index in [1.807, 2.05) is 7.05 Å². The number of rotatable bonds is 7. The summed E-state index contributed by atoms with van der Waals surface area (Å²) < 4.78 is 5.56. The fourth-order valence-electron chi connectivity index (χ4n) is 4.27. The summed E-state index contributed by atoms with van der Waals surface area (Å²) in [6.45, 7) is 8.33. The second-order valence-electron chi connectivity index (χ2n) is 8.46. The van der Waals surface area contributed by atoms with E-state index in [2.05, 4.69) is 48.5 Å². The zero-order valence-corrected chi connectivity index (χ0v) is 16.5. The number of likely N-dealkylation sites (N-methyl/N-ethyl adjacent to an activating group) is 1. The summed E-state index contributed by atoms with van der Waals surface area (Å²) in [6.07, 6.45) is 7.55. The van der Waals surface area contributed by atoms with Crippen molar-refractivity contribution in [3.63, 3.8) is 0 Å². The van der Waals surface area contributed by atoms with Crippen LogP contribution in [-0.4, -0.2) is 63.8 Å². The second kappa shape index (κ2) is 8.52. The fraction of sp³-hybridized carbons (Fsp3) is 0.947. The highest BCUT2D eigenvalue weighted by Gasteiger charge is 2.38. The largest absolute Gasteiger partial charge is 0.381 e. The molecule has 1 saturated carbocycles. The first-order valence-electron chi connectivity index (χ1n) is 9.61. The Kier molecular flexibility index (Phi) is 6.93. The lowest BCUT2D eigenvalue weighted by Crippen LogP contribution is -2.57. The molecular formula is C19H38N4O. The molecule has 2 rings (SSSR count). The van der Waals surface area contributed by atoms with E-state index in [1.165, 1.54) is 25.7 Å². The summed E-state index contributed by atoms with van der Waals surface area (Å²) in [4.78, 5) is 6.80. The van der Waals surface area contributed by atoms with Crippen LogP contribution in [0.4, 0.5) is 0 Å². The van der Waals surface area contributed by atoms with E-state index in [9.17, 15) is 0 Å². The minimum absolute atomic E-state index is 0.169. The molecule has 5 heteroatoms. The van der Waals surface area contributed by atoms with Crippen LogP contribution >= 0.6 is 0 Å². The second-order valence-corrected chi connectivity index (χ2v) is 8.46. The molecule has 0 atom stereocenters. The van der Waals surface area contributed by atoms with Crippen LogP contribution in [0.25, 0.3) is 0 Å². The topological polar surface area (TPSA) is 48.9 Å². The minimum atomic E-state index is 0.169. The van der Waals surface area contributed by atoms with Crippen molar-refractivity contribution in [2.24, 2.45) is 16.3 Å². The monoisotopic (exact) mass is 338 g/mol. The van der Waals surface area contributed by atoms with Gasteiger partial charge in [-0.05, 0) is 57.5 Å². The molecule has 2 fully saturated rings. The summed E-state index contributed by atoms with van der Waals surface area (Å²) in [7, 11) is 6.22. The average molecular weight is 339 g/mol. The number of aliphatic imine (C=N–C) groups is 1. The lowest BCUT2D eigenvalue weighted by Gasteiger charge is -2.45. The molecule has 140 valence electrons. The van der Waals surface area contributed by atoms with Crippen molar-refractivity contribution in [2.45, 2.75) is 57.9 Å². The van der Waals surface area contributed by atoms with E-state index in [0.29, 0.717) is 5.41 Å². The van der Waals surface area contributed by atoms with Crippen LogP contribution in [0.3, 0.4) is 0 Å². The van der Waals surface area contributed by atoms with Gasteiger partial charge in [-0.2, -0.15) is 0 Å². The molecule has 0 bridgehead atoms. The summed E-state index contributed by atoms with van der Waals surface area (Å²) in [6, 6.07) is 0. The Morgan fingerprint density at radius 2 is 1.71 bits per heavy atom. The Hall–Kier alpha value is -0.810. The van der Waals surface area contributed by atoms with Crippen molar-refractivity contribution >= 4 is 5.96 Å². The maximum atomic E-state index is 5.56. The molecule has 2 aliphatic rings. The van der Waals surface area contributed by atoms with Gasteiger partial charge >= 0.3 is 0 Å². The van der Waals surface area contributed by atoms with E-state index >= 15 is 0 Å². The van der Waals surface area contributed by atoms with E-state index in [0.717, 1.165) is 51.0 Å². The van der Waals surface area contributed by atoms with E-state index in [4.69, 9.17) is 4.74 Å². The predicted molar refractivity (Wildman–Crippen MR) is 102 cm³/mol. The maximum Gasteiger partial charge on any atom is 0.191 e. The summed E-state index contributed by atoms with van der Waals surface area (Å²) in [5.74, 6) is 1.71. The smallest absolute Gasteiger partial charge is 0.191 e. The third kappa shape index (κ3) is 4.85. The van der Waals surface area contributed by atoms with Crippen molar-refractivity contribution in [1.29, 1.82) is 0 Å². The summed E-state index contributed by atoms with van der Waals surface area (Å²) in [5.41, 5.74) is 0.658. The van der Waals surface area contributed by atoms with Gasteiger partial charge in [0, 0.05) is 38.9 Å². The molecule has 1 saturated heterocycles. The lowest BCUT2D eigenvalue weighted by molar-refractivity contribution is -0.00505. The van der Waals surface area contributed by atoms with Crippen LogP contribution in [0.5, 0.6) is 0 Å². The van der Waals surface area contributed by atoms with Gasteiger partial charge in [0.1, 0.15) is 0 Å². The van der Waals surface area contributed by atoms with Gasteiger partial charge in [-0.3, -0.25) is 4.99 Å². The van der Waals surface area contributed by atoms with Gasteiger partial charge in [-0.15, -0.1) is 0 Å². The molecule has 0 spiro atoms. The first-order valence-corrected chi connectivity index (χ1v) is 9.61. The Balaban J connectivity index is 1.85. The average Bonchev–Trinajstić information content (AvgIpc) is 2.52. The van der Waals surface area contributed by atoms with Crippen molar-refractivity contribution in [2.75, 3.05) is 47.4 Å². The van der Waals surface area contributed by atoms with Gasteiger partial charge < -0.3 is 20.3 Å². The van der Waals surface area contributed by atoms with Crippen molar-refractivity contribution in [1.82, 2.24) is 15.5 Å². The summed E-state index contributed by atoms with van der Waals surface area (Å²) >= 11 is 0. The van der Waals surface area contributed by atoms with E-state index < -0.39 is 0 Å². The Labute approximate surface area is 148 Å². The standard InChI is InChI=1S/C19H38N4O/c1-16(2)13-18(7-6-8-18)14-21-17(20-3)22-15-19(23(4)5)9-11-24-12-10-19/h16H,6-15H2,1-5H3,(H2,20,21,22). The number of hydrogen-bond donors (Lipinski definition) is 2. The third-order valence-electron chi connectivity index (χ3n) is 6.07. The van der Waals surface area contributed by atoms with Crippen LogP contribution < -0.4 is 10.6 Å². The van der Waals surface area contributed by atoms with Gasteiger partial charge in [-0.1, -0.05) is 20.3 Å². The van der Waals surface area contributed by atoms with Gasteiger partial charge in [0.2, 0.25) is 0 Å². The highest BCUT2D eigenvalue weighted by atomic mass is 16.5. The van der Waals surface area contributed by atoms with Crippen LogP contribution in [-0.2, 0) is 4.74 Å². The highest BCUT2D eigenvalue weighted by Crippen LogP contribution is 2.45. The Morgan fingerprint density at radius 3 is 2.17 bits per heavy atom. The predicted octanol–water partition coefficient (Wildman–Crippen LogP) is 2.48. The molecule has 0 amide bonds. The van der Waals surface area contributed by atoms with Crippen LogP contribution in [0.2, 0.25) is 0 Å². The molecule has 5 nitrogen and oxygen atoms in total. The number of guanidine groups is 1. The van der Waals surface area contributed by atoms with Crippen LogP contribution in [0, 0.1) is 11.3 Å². The summed E-state index contributed by atoms with van der Waals surface area (Å²) in [5, 5.41) is 7.18. The molecule has 0 aromatic heterocycles. The molecular weight excluding hydrogens is 300 g/mol. The van der Waals surface area contributed by atoms with Crippen molar-refractivity contribution in [3.8, 4) is 0 Å². The molecule has 0 aromatic rings. The van der Waals surface area contributed by atoms with Gasteiger partial charge in [0.25, 0.3) is 0 Å². The lowest BCUT2D eigenvalue weighted by atomic mass is 9.64. The molecule has 24 heavy (non-hydrogen) atoms. The zero-order valence-electron chi connectivity index (χ0n) is 16.5. The van der Waals surface area contributed by atoms with Crippen LogP contribution in [0.15, 0.2) is 4.99 Å². The molecule has 0 aromatic carbocycles.